The minimum atomic E-state index is -0.404. The number of halogens is 1. The summed E-state index contributed by atoms with van der Waals surface area (Å²) in [6.45, 7) is 0. The molecule has 1 aromatic carbocycles. The van der Waals surface area contributed by atoms with E-state index in [-0.39, 0.29) is 0 Å². The Kier molecular flexibility index (Phi) is 4.24. The highest BCUT2D eigenvalue weighted by Crippen LogP contribution is 2.30. The molecule has 5 nitrogen and oxygen atoms in total. The van der Waals surface area contributed by atoms with Crippen molar-refractivity contribution in [1.29, 1.82) is 0 Å². The van der Waals surface area contributed by atoms with Crippen LogP contribution in [0.3, 0.4) is 0 Å². The number of esters is 1. The van der Waals surface area contributed by atoms with Crippen LogP contribution in [0.4, 0.5) is 10.8 Å². The molecule has 1 N–H and O–H groups in total. The third-order valence-corrected chi connectivity index (χ3v) is 3.48. The minimum Gasteiger partial charge on any atom is -0.495 e. The van der Waals surface area contributed by atoms with Gasteiger partial charge in [-0.15, -0.1) is 0 Å². The van der Waals surface area contributed by atoms with E-state index < -0.39 is 5.97 Å². The highest BCUT2D eigenvalue weighted by atomic mass is 35.5. The van der Waals surface area contributed by atoms with Gasteiger partial charge < -0.3 is 14.8 Å². The van der Waals surface area contributed by atoms with Crippen molar-refractivity contribution in [1.82, 2.24) is 4.98 Å². The topological polar surface area (TPSA) is 60.5 Å². The number of aromatic nitrogens is 1. The average molecular weight is 299 g/mol. The average Bonchev–Trinajstić information content (AvgIpc) is 2.86. The van der Waals surface area contributed by atoms with Crippen molar-refractivity contribution in [2.75, 3.05) is 19.5 Å². The van der Waals surface area contributed by atoms with Gasteiger partial charge in [0.1, 0.15) is 10.6 Å². The number of nitrogens with one attached hydrogen (secondary N) is 1. The molecule has 0 amide bonds. The molecule has 0 radical (unpaired) electrons. The van der Waals surface area contributed by atoms with Crippen molar-refractivity contribution in [2.45, 2.75) is 0 Å². The molecule has 100 valence electrons. The number of hydrogen-bond acceptors (Lipinski definition) is 6. The molecule has 2 aromatic rings. The van der Waals surface area contributed by atoms with Crippen LogP contribution in [0.5, 0.6) is 5.75 Å². The van der Waals surface area contributed by atoms with E-state index in [4.69, 9.17) is 16.3 Å². The Morgan fingerprint density at radius 2 is 2.21 bits per heavy atom. The second-order valence-electron chi connectivity index (χ2n) is 3.50. The zero-order valence-electron chi connectivity index (χ0n) is 10.3. The SMILES string of the molecule is COC(=O)c1cnc(Nc2ccc(OC)c(Cl)c2)s1. The summed E-state index contributed by atoms with van der Waals surface area (Å²) >= 11 is 7.22. The second kappa shape index (κ2) is 5.90. The first-order valence-electron chi connectivity index (χ1n) is 5.28. The summed E-state index contributed by atoms with van der Waals surface area (Å²) in [5, 5.41) is 4.14. The van der Waals surface area contributed by atoms with Crippen LogP contribution < -0.4 is 10.1 Å². The molecule has 19 heavy (non-hydrogen) atoms. The van der Waals surface area contributed by atoms with Gasteiger partial charge in [0.15, 0.2) is 5.13 Å². The van der Waals surface area contributed by atoms with Crippen LogP contribution in [0.15, 0.2) is 24.4 Å². The number of carbonyl (C=O) groups is 1. The molecular weight excluding hydrogens is 288 g/mol. The Morgan fingerprint density at radius 1 is 1.42 bits per heavy atom. The van der Waals surface area contributed by atoms with Crippen LogP contribution in [-0.4, -0.2) is 25.2 Å². The first kappa shape index (κ1) is 13.6. The number of anilines is 2. The fourth-order valence-corrected chi connectivity index (χ4v) is 2.41. The van der Waals surface area contributed by atoms with E-state index in [1.807, 2.05) is 6.07 Å². The van der Waals surface area contributed by atoms with Gasteiger partial charge in [0, 0.05) is 5.69 Å². The van der Waals surface area contributed by atoms with Gasteiger partial charge >= 0.3 is 5.97 Å². The van der Waals surface area contributed by atoms with E-state index in [2.05, 4.69) is 15.0 Å². The van der Waals surface area contributed by atoms with Crippen molar-refractivity contribution < 1.29 is 14.3 Å². The molecule has 0 unspecified atom stereocenters. The van der Waals surface area contributed by atoms with Crippen LogP contribution >= 0.6 is 22.9 Å². The lowest BCUT2D eigenvalue weighted by Crippen LogP contribution is -1.96. The molecule has 1 heterocycles. The highest BCUT2D eigenvalue weighted by molar-refractivity contribution is 7.17. The third kappa shape index (κ3) is 3.15. The van der Waals surface area contributed by atoms with Gasteiger partial charge in [0.2, 0.25) is 0 Å². The molecule has 0 saturated heterocycles. The molecule has 0 fully saturated rings. The van der Waals surface area contributed by atoms with Gasteiger partial charge in [0.05, 0.1) is 25.4 Å². The smallest absolute Gasteiger partial charge is 0.349 e. The summed E-state index contributed by atoms with van der Waals surface area (Å²) in [6, 6.07) is 5.28. The van der Waals surface area contributed by atoms with Crippen molar-refractivity contribution in [3.63, 3.8) is 0 Å². The lowest BCUT2D eigenvalue weighted by molar-refractivity contribution is 0.0606. The number of benzene rings is 1. The predicted octanol–water partition coefficient (Wildman–Crippen LogP) is 3.34. The third-order valence-electron chi connectivity index (χ3n) is 2.30. The summed E-state index contributed by atoms with van der Waals surface area (Å²) in [4.78, 5) is 15.8. The van der Waals surface area contributed by atoms with Crippen molar-refractivity contribution in [3.05, 3.63) is 34.3 Å². The number of ether oxygens (including phenoxy) is 2. The molecule has 0 aliphatic carbocycles. The first-order valence-corrected chi connectivity index (χ1v) is 6.48. The Labute approximate surface area is 119 Å². The second-order valence-corrected chi connectivity index (χ2v) is 4.93. The van der Waals surface area contributed by atoms with E-state index in [1.54, 1.807) is 19.2 Å². The molecule has 0 saturated carbocycles. The van der Waals surface area contributed by atoms with Crippen molar-refractivity contribution >= 4 is 39.7 Å². The molecule has 0 spiro atoms. The molecular formula is C12H11ClN2O3S. The summed E-state index contributed by atoms with van der Waals surface area (Å²) in [5.74, 6) is 0.194. The van der Waals surface area contributed by atoms with Gasteiger partial charge in [-0.05, 0) is 18.2 Å². The summed E-state index contributed by atoms with van der Waals surface area (Å²) in [7, 11) is 2.89. The molecule has 7 heteroatoms. The number of rotatable bonds is 4. The quantitative estimate of drug-likeness (QED) is 0.877. The van der Waals surface area contributed by atoms with Crippen LogP contribution in [0, 0.1) is 0 Å². The summed E-state index contributed by atoms with van der Waals surface area (Å²) in [5.41, 5.74) is 0.761. The first-order chi connectivity index (χ1) is 9.13. The zero-order chi connectivity index (χ0) is 13.8. The molecule has 0 atom stereocenters. The van der Waals surface area contributed by atoms with Crippen molar-refractivity contribution in [2.24, 2.45) is 0 Å². The van der Waals surface area contributed by atoms with Crippen LogP contribution in [0.2, 0.25) is 5.02 Å². The molecule has 0 bridgehead atoms. The highest BCUT2D eigenvalue weighted by Gasteiger charge is 2.11. The zero-order valence-corrected chi connectivity index (χ0v) is 11.8. The molecule has 0 aliphatic heterocycles. The van der Waals surface area contributed by atoms with Crippen molar-refractivity contribution in [3.8, 4) is 5.75 Å². The molecule has 2 rings (SSSR count). The largest absolute Gasteiger partial charge is 0.495 e. The predicted molar refractivity (Wildman–Crippen MR) is 74.7 cm³/mol. The fraction of sp³-hybridized carbons (Fsp3) is 0.167. The van der Waals surface area contributed by atoms with E-state index in [0.29, 0.717) is 20.8 Å². The van der Waals surface area contributed by atoms with Gasteiger partial charge in [-0.2, -0.15) is 0 Å². The monoisotopic (exact) mass is 298 g/mol. The maximum Gasteiger partial charge on any atom is 0.349 e. The maximum absolute atomic E-state index is 11.3. The summed E-state index contributed by atoms with van der Waals surface area (Å²) in [6.07, 6.45) is 1.46. The standard InChI is InChI=1S/C12H11ClN2O3S/c1-17-9-4-3-7(5-8(9)13)15-12-14-6-10(19-12)11(16)18-2/h3-6H,1-2H3,(H,14,15). The minimum absolute atomic E-state index is 0.404. The van der Waals surface area contributed by atoms with Crippen LogP contribution in [0.25, 0.3) is 0 Å². The molecule has 0 aliphatic rings. The number of nitrogens with zero attached hydrogens (tertiary/aromatic N) is 1. The Bertz CT molecular complexity index is 600. The van der Waals surface area contributed by atoms with Gasteiger partial charge in [-0.1, -0.05) is 22.9 Å². The van der Waals surface area contributed by atoms with Gasteiger partial charge in [0.25, 0.3) is 0 Å². The number of carbonyl (C=O) groups excluding carboxylic acids is 1. The lowest BCUT2D eigenvalue weighted by atomic mass is 10.3. The Balaban J connectivity index is 2.15. The van der Waals surface area contributed by atoms with Gasteiger partial charge in [-0.3, -0.25) is 0 Å². The Hall–Kier alpha value is -1.79. The lowest BCUT2D eigenvalue weighted by Gasteiger charge is -2.06. The summed E-state index contributed by atoms with van der Waals surface area (Å²) < 4.78 is 9.68. The van der Waals surface area contributed by atoms with E-state index in [0.717, 1.165) is 5.69 Å². The fourth-order valence-electron chi connectivity index (χ4n) is 1.39. The maximum atomic E-state index is 11.3. The normalized spacial score (nSPS) is 10.1. The van der Waals surface area contributed by atoms with E-state index in [1.165, 1.54) is 24.6 Å². The number of methoxy groups -OCH3 is 2. The molecule has 1 aromatic heterocycles. The van der Waals surface area contributed by atoms with Gasteiger partial charge in [-0.25, -0.2) is 9.78 Å². The number of thiazole rings is 1. The van der Waals surface area contributed by atoms with Crippen LogP contribution in [-0.2, 0) is 4.74 Å². The number of hydrogen-bond donors (Lipinski definition) is 1. The van der Waals surface area contributed by atoms with Crippen LogP contribution in [0.1, 0.15) is 9.67 Å². The Morgan fingerprint density at radius 3 is 2.84 bits per heavy atom. The van der Waals surface area contributed by atoms with E-state index >= 15 is 0 Å². The van der Waals surface area contributed by atoms with E-state index in [9.17, 15) is 4.79 Å².